The summed E-state index contributed by atoms with van der Waals surface area (Å²) < 4.78 is 21.1. The Morgan fingerprint density at radius 2 is 1.88 bits per heavy atom. The summed E-state index contributed by atoms with van der Waals surface area (Å²) in [6.07, 6.45) is 7.81. The highest BCUT2D eigenvalue weighted by atomic mass is 19.1. The molecule has 3 heterocycles. The number of anilines is 1. The third-order valence-electron chi connectivity index (χ3n) is 6.07. The van der Waals surface area contributed by atoms with E-state index in [9.17, 15) is 9.18 Å². The molecule has 0 bridgehead atoms. The van der Waals surface area contributed by atoms with Crippen molar-refractivity contribution in [1.29, 1.82) is 0 Å². The Morgan fingerprint density at radius 3 is 2.62 bits per heavy atom. The Labute approximate surface area is 197 Å². The smallest absolute Gasteiger partial charge is 0.249 e. The second-order valence-electron chi connectivity index (χ2n) is 8.43. The third kappa shape index (κ3) is 4.31. The highest BCUT2D eigenvalue weighted by molar-refractivity contribution is 6.09. The van der Waals surface area contributed by atoms with Crippen LogP contribution in [0.3, 0.4) is 0 Å². The van der Waals surface area contributed by atoms with Gasteiger partial charge in [0.15, 0.2) is 5.84 Å². The van der Waals surface area contributed by atoms with Crippen LogP contribution in [0.5, 0.6) is 5.75 Å². The summed E-state index contributed by atoms with van der Waals surface area (Å²) >= 11 is 0. The first kappa shape index (κ1) is 21.9. The minimum Gasteiger partial charge on any atom is -0.495 e. The highest BCUT2D eigenvalue weighted by Gasteiger charge is 2.30. The molecule has 174 valence electrons. The number of fused-ring (bicyclic) bond motifs is 1. The predicted molar refractivity (Wildman–Crippen MR) is 130 cm³/mol. The lowest BCUT2D eigenvalue weighted by molar-refractivity contribution is -0.117. The zero-order valence-corrected chi connectivity index (χ0v) is 19.2. The van der Waals surface area contributed by atoms with E-state index in [1.54, 1.807) is 25.6 Å². The fourth-order valence-corrected chi connectivity index (χ4v) is 4.43. The number of carbonyl (C=O) groups excluding carboxylic acids is 1. The van der Waals surface area contributed by atoms with Crippen molar-refractivity contribution in [1.82, 2.24) is 14.6 Å². The normalized spacial score (nSPS) is 17.4. The molecule has 8 heteroatoms. The van der Waals surface area contributed by atoms with Gasteiger partial charge in [0.1, 0.15) is 11.6 Å². The van der Waals surface area contributed by atoms with Crippen molar-refractivity contribution >= 4 is 23.5 Å². The maximum Gasteiger partial charge on any atom is 0.249 e. The van der Waals surface area contributed by atoms with Gasteiger partial charge < -0.3 is 9.30 Å². The summed E-state index contributed by atoms with van der Waals surface area (Å²) in [7, 11) is 1.65. The number of rotatable bonds is 4. The quantitative estimate of drug-likeness (QED) is 0.573. The number of amidine groups is 1. The number of hydrazine groups is 1. The van der Waals surface area contributed by atoms with Gasteiger partial charge in [-0.05, 0) is 73.4 Å². The van der Waals surface area contributed by atoms with Crippen molar-refractivity contribution in [2.24, 2.45) is 4.99 Å². The van der Waals surface area contributed by atoms with E-state index >= 15 is 0 Å². The molecule has 0 atom stereocenters. The fraction of sp³-hybridized carbons (Fsp3) is 0.269. The number of piperidine rings is 1. The van der Waals surface area contributed by atoms with E-state index in [0.29, 0.717) is 18.8 Å². The van der Waals surface area contributed by atoms with E-state index in [2.05, 4.69) is 16.1 Å². The minimum absolute atomic E-state index is 0.152. The van der Waals surface area contributed by atoms with Gasteiger partial charge in [-0.2, -0.15) is 4.99 Å². The molecule has 0 saturated carbocycles. The van der Waals surface area contributed by atoms with Gasteiger partial charge in [-0.15, -0.1) is 0 Å². The number of halogens is 1. The van der Waals surface area contributed by atoms with E-state index in [1.165, 1.54) is 12.1 Å². The van der Waals surface area contributed by atoms with E-state index in [-0.39, 0.29) is 11.7 Å². The topological polar surface area (TPSA) is 63.0 Å². The van der Waals surface area contributed by atoms with Crippen LogP contribution < -0.4 is 9.75 Å². The first-order valence-electron chi connectivity index (χ1n) is 11.3. The summed E-state index contributed by atoms with van der Waals surface area (Å²) in [6.45, 7) is 3.18. The summed E-state index contributed by atoms with van der Waals surface area (Å²) in [4.78, 5) is 21.3. The Bertz CT molecular complexity index is 1280. The monoisotopic (exact) mass is 459 g/mol. The number of aryl methyl sites for hydroxylation is 1. The van der Waals surface area contributed by atoms with Gasteiger partial charge in [-0.25, -0.2) is 9.37 Å². The summed E-state index contributed by atoms with van der Waals surface area (Å²) in [5.74, 6) is 0.949. The molecule has 0 radical (unpaired) electrons. The van der Waals surface area contributed by atoms with Crippen LogP contribution >= 0.6 is 0 Å². The molecule has 1 saturated heterocycles. The van der Waals surface area contributed by atoms with Crippen molar-refractivity contribution in [3.05, 3.63) is 77.6 Å². The van der Waals surface area contributed by atoms with Crippen molar-refractivity contribution in [2.45, 2.75) is 26.2 Å². The van der Waals surface area contributed by atoms with Crippen LogP contribution in [-0.2, 0) is 4.79 Å². The Hall–Kier alpha value is -3.94. The number of hydrogen-bond acceptors (Lipinski definition) is 5. The molecular formula is C26H26FN5O2. The van der Waals surface area contributed by atoms with Gasteiger partial charge in [0.25, 0.3) is 0 Å². The Balaban J connectivity index is 1.50. The highest BCUT2D eigenvalue weighted by Crippen LogP contribution is 2.30. The van der Waals surface area contributed by atoms with Gasteiger partial charge >= 0.3 is 0 Å². The van der Waals surface area contributed by atoms with Crippen molar-refractivity contribution in [3.8, 4) is 11.4 Å². The summed E-state index contributed by atoms with van der Waals surface area (Å²) in [5, 5.41) is 4.08. The summed E-state index contributed by atoms with van der Waals surface area (Å²) in [5.41, 5.74) is 4.62. The van der Waals surface area contributed by atoms with Gasteiger partial charge in [0.05, 0.1) is 30.5 Å². The SMILES string of the molecule is COc1cc(/C=C2\CCCN3C2=NC(=O)CCN3c2ccc(F)cc2)ccc1-n1cnc(C)c1. The summed E-state index contributed by atoms with van der Waals surface area (Å²) in [6, 6.07) is 12.4. The molecule has 2 aliphatic heterocycles. The second kappa shape index (κ2) is 9.13. The molecule has 0 aliphatic carbocycles. The molecule has 7 nitrogen and oxygen atoms in total. The number of aromatic nitrogens is 2. The number of imidazole rings is 1. The average Bonchev–Trinajstić information content (AvgIpc) is 3.19. The molecule has 2 aromatic carbocycles. The van der Waals surface area contributed by atoms with Crippen LogP contribution in [0, 0.1) is 12.7 Å². The maximum atomic E-state index is 13.5. The zero-order valence-electron chi connectivity index (χ0n) is 19.2. The van der Waals surface area contributed by atoms with Crippen LogP contribution in [0.4, 0.5) is 10.1 Å². The van der Waals surface area contributed by atoms with Crippen LogP contribution in [0.2, 0.25) is 0 Å². The lowest BCUT2D eigenvalue weighted by atomic mass is 10.0. The van der Waals surface area contributed by atoms with Crippen LogP contribution in [-0.4, -0.2) is 46.5 Å². The standard InChI is InChI=1S/C26H26FN5O2/c1-18-16-30(17-28-18)23-10-5-19(15-24(23)34-2)14-20-4-3-12-32-26(20)29-25(33)11-13-31(32)22-8-6-21(27)7-9-22/h5-10,14-17H,3-4,11-13H2,1-2H3/b20-14+. The molecule has 5 rings (SSSR count). The average molecular weight is 460 g/mol. The fourth-order valence-electron chi connectivity index (χ4n) is 4.43. The lowest BCUT2D eigenvalue weighted by Gasteiger charge is -2.40. The van der Waals surface area contributed by atoms with E-state index in [1.807, 2.05) is 45.9 Å². The van der Waals surface area contributed by atoms with Crippen LogP contribution in [0.1, 0.15) is 30.5 Å². The Kier molecular flexibility index (Phi) is 5.88. The van der Waals surface area contributed by atoms with Crippen LogP contribution in [0.15, 0.2) is 65.6 Å². The molecule has 1 fully saturated rings. The van der Waals surface area contributed by atoms with Gasteiger partial charge in [-0.1, -0.05) is 6.07 Å². The molecule has 34 heavy (non-hydrogen) atoms. The van der Waals surface area contributed by atoms with Crippen LogP contribution in [0.25, 0.3) is 11.8 Å². The number of aliphatic imine (C=N–C) groups is 1. The zero-order chi connectivity index (χ0) is 23.7. The molecule has 1 amide bonds. The largest absolute Gasteiger partial charge is 0.495 e. The van der Waals surface area contributed by atoms with E-state index in [4.69, 9.17) is 4.74 Å². The van der Waals surface area contributed by atoms with E-state index < -0.39 is 0 Å². The molecule has 1 aromatic heterocycles. The number of benzene rings is 2. The van der Waals surface area contributed by atoms with Crippen molar-refractivity contribution in [2.75, 3.05) is 25.2 Å². The number of amides is 1. The lowest BCUT2D eigenvalue weighted by Crippen LogP contribution is -2.49. The Morgan fingerprint density at radius 1 is 1.06 bits per heavy atom. The molecule has 2 aliphatic rings. The predicted octanol–water partition coefficient (Wildman–Crippen LogP) is 4.56. The van der Waals surface area contributed by atoms with Crippen molar-refractivity contribution < 1.29 is 13.9 Å². The number of methoxy groups -OCH3 is 1. The maximum absolute atomic E-state index is 13.5. The number of carbonyl (C=O) groups is 1. The second-order valence-corrected chi connectivity index (χ2v) is 8.43. The molecular weight excluding hydrogens is 433 g/mol. The first-order chi connectivity index (χ1) is 16.5. The molecule has 0 spiro atoms. The van der Waals surface area contributed by atoms with Gasteiger partial charge in [-0.3, -0.25) is 14.8 Å². The number of ether oxygens (including phenoxy) is 1. The molecule has 0 N–H and O–H groups in total. The van der Waals surface area contributed by atoms with Gasteiger partial charge in [0.2, 0.25) is 5.91 Å². The first-order valence-corrected chi connectivity index (χ1v) is 11.3. The number of hydrogen-bond donors (Lipinski definition) is 0. The molecule has 0 unspecified atom stereocenters. The minimum atomic E-state index is -0.286. The number of nitrogens with zero attached hydrogens (tertiary/aromatic N) is 5. The third-order valence-corrected chi connectivity index (χ3v) is 6.07. The van der Waals surface area contributed by atoms with Crippen molar-refractivity contribution in [3.63, 3.8) is 0 Å². The molecule has 3 aromatic rings. The van der Waals surface area contributed by atoms with E-state index in [0.717, 1.165) is 53.3 Å². The van der Waals surface area contributed by atoms with Gasteiger partial charge in [0, 0.05) is 25.7 Å².